The maximum Gasteiger partial charge on any atom is 0.0354 e. The second kappa shape index (κ2) is 5.14. The zero-order valence-electron chi connectivity index (χ0n) is 16.1. The standard InChI is InChI=1S/C25H33/c1-25(2,23-14-17-5-8-20(23)11-17)24(21-12-15-3-6-18(21)9-15)22-13-16-4-7-19(22)10-16/h12-20H,3-11H2,1-2H3. The molecular formula is C25H33. The molecule has 0 aromatic rings. The van der Waals surface area contributed by atoms with Crippen LogP contribution in [0.15, 0.2) is 34.9 Å². The summed E-state index contributed by atoms with van der Waals surface area (Å²) in [5.41, 5.74) is 5.71. The molecule has 6 aliphatic carbocycles. The fourth-order valence-corrected chi connectivity index (χ4v) is 7.85. The minimum atomic E-state index is 0.270. The molecule has 25 heavy (non-hydrogen) atoms. The molecule has 0 heterocycles. The molecule has 0 saturated heterocycles. The minimum Gasteiger partial charge on any atom is -0.0813 e. The van der Waals surface area contributed by atoms with Gasteiger partial charge in [0, 0.05) is 11.3 Å². The van der Waals surface area contributed by atoms with Gasteiger partial charge >= 0.3 is 0 Å². The van der Waals surface area contributed by atoms with Gasteiger partial charge in [-0.25, -0.2) is 0 Å². The molecule has 6 bridgehead atoms. The average molecular weight is 334 g/mol. The molecule has 1 radical (unpaired) electrons. The van der Waals surface area contributed by atoms with Gasteiger partial charge in [-0.15, -0.1) is 0 Å². The Balaban J connectivity index is 1.43. The summed E-state index contributed by atoms with van der Waals surface area (Å²) in [5, 5.41) is 0. The van der Waals surface area contributed by atoms with Crippen molar-refractivity contribution in [2.45, 2.75) is 71.6 Å². The SMILES string of the molecule is CC(C)([C](C1=CC2CCC1C2)C1=CC2CCC1C2)C1=CC2CCC1C2. The average Bonchev–Trinajstić information content (AvgIpc) is 3.41. The molecule has 6 atom stereocenters. The van der Waals surface area contributed by atoms with Crippen molar-refractivity contribution >= 4 is 0 Å². The van der Waals surface area contributed by atoms with Gasteiger partial charge in [0.1, 0.15) is 0 Å². The molecule has 3 fully saturated rings. The third-order valence-corrected chi connectivity index (χ3v) is 8.91. The molecule has 3 saturated carbocycles. The first-order valence-corrected chi connectivity index (χ1v) is 11.1. The van der Waals surface area contributed by atoms with E-state index >= 15 is 0 Å². The first-order chi connectivity index (χ1) is 12.1. The molecule has 6 rings (SSSR count). The fraction of sp³-hybridized carbons (Fsp3) is 0.720. The highest BCUT2D eigenvalue weighted by Crippen LogP contribution is 2.63. The lowest BCUT2D eigenvalue weighted by Gasteiger charge is -2.43. The number of fused-ring (bicyclic) bond motifs is 6. The summed E-state index contributed by atoms with van der Waals surface area (Å²) < 4.78 is 0. The molecule has 6 unspecified atom stereocenters. The van der Waals surface area contributed by atoms with Crippen molar-refractivity contribution in [3.05, 3.63) is 40.9 Å². The first-order valence-electron chi connectivity index (χ1n) is 11.1. The summed E-state index contributed by atoms with van der Waals surface area (Å²) >= 11 is 0. The van der Waals surface area contributed by atoms with Gasteiger partial charge in [-0.3, -0.25) is 0 Å². The Morgan fingerprint density at radius 3 is 1.52 bits per heavy atom. The van der Waals surface area contributed by atoms with E-state index in [0.29, 0.717) is 0 Å². The topological polar surface area (TPSA) is 0 Å². The summed E-state index contributed by atoms with van der Waals surface area (Å²) in [6.07, 6.45) is 21.3. The van der Waals surface area contributed by atoms with Crippen LogP contribution in [0.25, 0.3) is 0 Å². The molecule has 133 valence electrons. The van der Waals surface area contributed by atoms with Crippen LogP contribution in [0.4, 0.5) is 0 Å². The highest BCUT2D eigenvalue weighted by Gasteiger charge is 2.51. The van der Waals surface area contributed by atoms with Crippen molar-refractivity contribution in [1.29, 1.82) is 0 Å². The fourth-order valence-electron chi connectivity index (χ4n) is 7.85. The van der Waals surface area contributed by atoms with E-state index in [4.69, 9.17) is 0 Å². The molecule has 0 heteroatoms. The summed E-state index contributed by atoms with van der Waals surface area (Å²) in [6.45, 7) is 5.18. The minimum absolute atomic E-state index is 0.270. The number of hydrogen-bond donors (Lipinski definition) is 0. The van der Waals surface area contributed by atoms with Crippen molar-refractivity contribution in [1.82, 2.24) is 0 Å². The van der Waals surface area contributed by atoms with Crippen LogP contribution in [0.3, 0.4) is 0 Å². The number of hydrogen-bond acceptors (Lipinski definition) is 0. The molecule has 0 nitrogen and oxygen atoms in total. The second-order valence-electron chi connectivity index (χ2n) is 10.7. The molecule has 0 aromatic heterocycles. The van der Waals surface area contributed by atoms with Crippen LogP contribution in [0, 0.1) is 46.8 Å². The Bertz CT molecular complexity index is 651. The van der Waals surface area contributed by atoms with E-state index < -0.39 is 0 Å². The van der Waals surface area contributed by atoms with Gasteiger partial charge in [-0.1, -0.05) is 48.8 Å². The van der Waals surface area contributed by atoms with E-state index in [2.05, 4.69) is 32.1 Å². The zero-order chi connectivity index (χ0) is 16.8. The zero-order valence-corrected chi connectivity index (χ0v) is 16.1. The van der Waals surface area contributed by atoms with Gasteiger partial charge < -0.3 is 0 Å². The largest absolute Gasteiger partial charge is 0.0813 e. The van der Waals surface area contributed by atoms with E-state index in [-0.39, 0.29) is 5.41 Å². The van der Waals surface area contributed by atoms with Gasteiger partial charge in [0.2, 0.25) is 0 Å². The molecular weight excluding hydrogens is 300 g/mol. The van der Waals surface area contributed by atoms with Crippen LogP contribution in [0.1, 0.15) is 71.6 Å². The third-order valence-electron chi connectivity index (χ3n) is 8.91. The molecule has 0 aromatic carbocycles. The Hall–Kier alpha value is -0.780. The maximum absolute atomic E-state index is 2.73. The summed E-state index contributed by atoms with van der Waals surface area (Å²) in [4.78, 5) is 0. The van der Waals surface area contributed by atoms with E-state index in [9.17, 15) is 0 Å². The predicted molar refractivity (Wildman–Crippen MR) is 104 cm³/mol. The number of rotatable bonds is 4. The van der Waals surface area contributed by atoms with Crippen LogP contribution >= 0.6 is 0 Å². The van der Waals surface area contributed by atoms with Crippen molar-refractivity contribution < 1.29 is 0 Å². The van der Waals surface area contributed by atoms with E-state index in [1.54, 1.807) is 0 Å². The van der Waals surface area contributed by atoms with Gasteiger partial charge in [0.15, 0.2) is 0 Å². The monoisotopic (exact) mass is 333 g/mol. The smallest absolute Gasteiger partial charge is 0.0354 e. The summed E-state index contributed by atoms with van der Waals surface area (Å²) in [7, 11) is 0. The Labute approximate surface area is 153 Å². The lowest BCUT2D eigenvalue weighted by atomic mass is 9.60. The molecule has 0 spiro atoms. The molecule has 0 N–H and O–H groups in total. The lowest BCUT2D eigenvalue weighted by molar-refractivity contribution is 0.399. The summed E-state index contributed by atoms with van der Waals surface area (Å²) in [5.74, 6) is 7.21. The first kappa shape index (κ1) is 15.3. The van der Waals surface area contributed by atoms with Gasteiger partial charge in [0.25, 0.3) is 0 Å². The molecule has 0 amide bonds. The van der Waals surface area contributed by atoms with Crippen LogP contribution in [-0.2, 0) is 0 Å². The second-order valence-corrected chi connectivity index (χ2v) is 10.7. The van der Waals surface area contributed by atoms with Crippen LogP contribution < -0.4 is 0 Å². The highest BCUT2D eigenvalue weighted by molar-refractivity contribution is 5.55. The maximum atomic E-state index is 2.73. The van der Waals surface area contributed by atoms with Crippen LogP contribution in [0.5, 0.6) is 0 Å². The lowest BCUT2D eigenvalue weighted by Crippen LogP contribution is -2.33. The van der Waals surface area contributed by atoms with Crippen LogP contribution in [0.2, 0.25) is 0 Å². The molecule has 0 aliphatic heterocycles. The van der Waals surface area contributed by atoms with Crippen molar-refractivity contribution in [2.75, 3.05) is 0 Å². The van der Waals surface area contributed by atoms with E-state index in [1.807, 2.05) is 22.6 Å². The van der Waals surface area contributed by atoms with Gasteiger partial charge in [-0.05, 0) is 93.3 Å². The summed E-state index contributed by atoms with van der Waals surface area (Å²) in [6, 6.07) is 0. The molecule has 6 aliphatic rings. The quantitative estimate of drug-likeness (QED) is 0.505. The van der Waals surface area contributed by atoms with Crippen molar-refractivity contribution in [3.8, 4) is 0 Å². The van der Waals surface area contributed by atoms with Gasteiger partial charge in [-0.2, -0.15) is 0 Å². The third kappa shape index (κ3) is 2.12. The van der Waals surface area contributed by atoms with Gasteiger partial charge in [0.05, 0.1) is 0 Å². The highest BCUT2D eigenvalue weighted by atomic mass is 14.5. The van der Waals surface area contributed by atoms with Crippen LogP contribution in [-0.4, -0.2) is 0 Å². The van der Waals surface area contributed by atoms with Crippen molar-refractivity contribution in [3.63, 3.8) is 0 Å². The Morgan fingerprint density at radius 2 is 1.16 bits per heavy atom. The Kier molecular flexibility index (Phi) is 3.15. The Morgan fingerprint density at radius 1 is 0.680 bits per heavy atom. The van der Waals surface area contributed by atoms with E-state index in [0.717, 1.165) is 35.5 Å². The predicted octanol–water partition coefficient (Wildman–Crippen LogP) is 6.66. The van der Waals surface area contributed by atoms with E-state index in [1.165, 1.54) is 57.8 Å². The van der Waals surface area contributed by atoms with Crippen molar-refractivity contribution in [2.24, 2.45) is 40.9 Å². The normalized spacial score (nSPS) is 44.0. The number of allylic oxidation sites excluding steroid dienone is 6.